The van der Waals surface area contributed by atoms with E-state index in [-0.39, 0.29) is 11.8 Å². The summed E-state index contributed by atoms with van der Waals surface area (Å²) in [5.74, 6) is 1.20. The molecule has 0 bridgehead atoms. The number of para-hydroxylation sites is 1. The van der Waals surface area contributed by atoms with Crippen molar-refractivity contribution in [2.24, 2.45) is 0 Å². The number of thiazole rings is 1. The van der Waals surface area contributed by atoms with Crippen LogP contribution >= 0.6 is 23.1 Å². The van der Waals surface area contributed by atoms with Crippen LogP contribution in [0.2, 0.25) is 0 Å². The Balaban J connectivity index is 1.34. The number of thioether (sulfide) groups is 1. The van der Waals surface area contributed by atoms with Crippen molar-refractivity contribution in [1.82, 2.24) is 4.98 Å². The molecule has 8 nitrogen and oxygen atoms in total. The summed E-state index contributed by atoms with van der Waals surface area (Å²) in [7, 11) is 4.68. The number of hydrogen-bond acceptors (Lipinski definition) is 8. The van der Waals surface area contributed by atoms with Gasteiger partial charge >= 0.3 is 0 Å². The molecule has 0 saturated carbocycles. The first-order valence-electron chi connectivity index (χ1n) is 13.2. The van der Waals surface area contributed by atoms with Gasteiger partial charge in [0.25, 0.3) is 5.91 Å². The number of amides is 2. The zero-order chi connectivity index (χ0) is 30.2. The first-order chi connectivity index (χ1) is 21.0. The summed E-state index contributed by atoms with van der Waals surface area (Å²) < 4.78 is 16.1. The van der Waals surface area contributed by atoms with Gasteiger partial charge in [-0.1, -0.05) is 48.5 Å². The summed E-state index contributed by atoms with van der Waals surface area (Å²) in [5.41, 5.74) is 3.43. The summed E-state index contributed by atoms with van der Waals surface area (Å²) in [5, 5.41) is 7.73. The third-order valence-electron chi connectivity index (χ3n) is 6.45. The molecule has 10 heteroatoms. The van der Waals surface area contributed by atoms with Crippen molar-refractivity contribution in [2.75, 3.05) is 32.0 Å². The Kier molecular flexibility index (Phi) is 9.60. The average molecular weight is 612 g/mol. The highest BCUT2D eigenvalue weighted by atomic mass is 32.2. The van der Waals surface area contributed by atoms with Crippen molar-refractivity contribution >= 4 is 45.7 Å². The Hall–Kier alpha value is -4.80. The molecule has 0 aliphatic carbocycles. The van der Waals surface area contributed by atoms with Gasteiger partial charge in [0.1, 0.15) is 11.0 Å². The molecular formula is C33H29N3O5S2. The Labute approximate surface area is 258 Å². The Bertz CT molecular complexity index is 1720. The molecule has 2 amide bonds. The van der Waals surface area contributed by atoms with Crippen LogP contribution in [-0.4, -0.2) is 38.1 Å². The van der Waals surface area contributed by atoms with Gasteiger partial charge in [-0.2, -0.15) is 0 Å². The SMILES string of the molecule is COc1ccc(C(=O)Nc2cccc(SC(C(=O)Nc3nc(-c4ccccc4OC)cs3)c3ccccc3)c2)cc1OC. The van der Waals surface area contributed by atoms with Gasteiger partial charge in [0.05, 0.1) is 27.0 Å². The predicted molar refractivity (Wildman–Crippen MR) is 172 cm³/mol. The summed E-state index contributed by atoms with van der Waals surface area (Å²) in [6, 6.07) is 29.5. The molecule has 0 saturated heterocycles. The molecule has 1 atom stereocenters. The van der Waals surface area contributed by atoms with E-state index in [9.17, 15) is 9.59 Å². The van der Waals surface area contributed by atoms with Gasteiger partial charge in [0.2, 0.25) is 5.91 Å². The molecule has 5 aromatic rings. The second-order valence-corrected chi connectivity index (χ2v) is 11.2. The maximum atomic E-state index is 13.7. The molecule has 0 radical (unpaired) electrons. The number of rotatable bonds is 11. The second-order valence-electron chi connectivity index (χ2n) is 9.19. The van der Waals surface area contributed by atoms with Crippen LogP contribution in [0.25, 0.3) is 11.3 Å². The van der Waals surface area contributed by atoms with Crippen molar-refractivity contribution in [1.29, 1.82) is 0 Å². The fourth-order valence-corrected chi connectivity index (χ4v) is 6.14. The molecule has 1 heterocycles. The molecule has 1 aromatic heterocycles. The number of hydrogen-bond donors (Lipinski definition) is 2. The normalized spacial score (nSPS) is 11.3. The van der Waals surface area contributed by atoms with Crippen LogP contribution in [0, 0.1) is 0 Å². The number of methoxy groups -OCH3 is 3. The summed E-state index contributed by atoms with van der Waals surface area (Å²) in [4.78, 5) is 32.1. The quantitative estimate of drug-likeness (QED) is 0.149. The van der Waals surface area contributed by atoms with Crippen LogP contribution in [-0.2, 0) is 4.79 Å². The van der Waals surface area contributed by atoms with Gasteiger partial charge in [0, 0.05) is 27.1 Å². The topological polar surface area (TPSA) is 98.8 Å². The van der Waals surface area contributed by atoms with E-state index in [2.05, 4.69) is 15.6 Å². The van der Waals surface area contributed by atoms with Gasteiger partial charge in [-0.3, -0.25) is 9.59 Å². The lowest BCUT2D eigenvalue weighted by Crippen LogP contribution is -2.19. The lowest BCUT2D eigenvalue weighted by molar-refractivity contribution is -0.115. The fourth-order valence-electron chi connectivity index (χ4n) is 4.35. The van der Waals surface area contributed by atoms with Crippen molar-refractivity contribution < 1.29 is 23.8 Å². The first-order valence-corrected chi connectivity index (χ1v) is 15.0. The first kappa shape index (κ1) is 29.7. The van der Waals surface area contributed by atoms with Crippen LogP contribution < -0.4 is 24.8 Å². The number of carbonyl (C=O) groups is 2. The predicted octanol–water partition coefficient (Wildman–Crippen LogP) is 7.56. The molecule has 218 valence electrons. The number of nitrogens with one attached hydrogen (secondary N) is 2. The smallest absolute Gasteiger partial charge is 0.255 e. The fraction of sp³-hybridized carbons (Fsp3) is 0.121. The van der Waals surface area contributed by atoms with E-state index in [0.717, 1.165) is 21.7 Å². The number of aromatic nitrogens is 1. The molecular weight excluding hydrogens is 583 g/mol. The zero-order valence-electron chi connectivity index (χ0n) is 23.7. The molecule has 0 aliphatic heterocycles. The largest absolute Gasteiger partial charge is 0.496 e. The number of anilines is 2. The molecule has 0 spiro atoms. The van der Waals surface area contributed by atoms with Crippen LogP contribution in [0.15, 0.2) is 107 Å². The minimum Gasteiger partial charge on any atom is -0.496 e. The maximum absolute atomic E-state index is 13.7. The minimum atomic E-state index is -0.573. The van der Waals surface area contributed by atoms with E-state index in [1.165, 1.54) is 30.2 Å². The Morgan fingerprint density at radius 3 is 2.28 bits per heavy atom. The van der Waals surface area contributed by atoms with E-state index in [1.54, 1.807) is 38.5 Å². The monoisotopic (exact) mass is 611 g/mol. The number of benzene rings is 4. The number of nitrogens with zero attached hydrogens (tertiary/aromatic N) is 1. The van der Waals surface area contributed by atoms with Crippen molar-refractivity contribution in [3.05, 3.63) is 114 Å². The van der Waals surface area contributed by atoms with E-state index >= 15 is 0 Å². The highest BCUT2D eigenvalue weighted by Gasteiger charge is 2.24. The van der Waals surface area contributed by atoms with E-state index in [0.29, 0.717) is 33.6 Å². The minimum absolute atomic E-state index is 0.211. The number of ether oxygens (including phenoxy) is 3. The van der Waals surface area contributed by atoms with Crippen molar-refractivity contribution in [3.8, 4) is 28.5 Å². The van der Waals surface area contributed by atoms with Gasteiger partial charge in [0.15, 0.2) is 16.6 Å². The number of carbonyl (C=O) groups excluding carboxylic acids is 2. The van der Waals surface area contributed by atoms with Gasteiger partial charge in [-0.05, 0) is 54.1 Å². The average Bonchev–Trinajstić information content (AvgIpc) is 3.51. The molecule has 43 heavy (non-hydrogen) atoms. The van der Waals surface area contributed by atoms with E-state index in [4.69, 9.17) is 14.2 Å². The summed E-state index contributed by atoms with van der Waals surface area (Å²) >= 11 is 2.73. The zero-order valence-corrected chi connectivity index (χ0v) is 25.3. The lowest BCUT2D eigenvalue weighted by atomic mass is 10.1. The maximum Gasteiger partial charge on any atom is 0.255 e. The van der Waals surface area contributed by atoms with E-state index < -0.39 is 5.25 Å². The van der Waals surface area contributed by atoms with E-state index in [1.807, 2.05) is 78.2 Å². The lowest BCUT2D eigenvalue weighted by Gasteiger charge is -2.17. The highest BCUT2D eigenvalue weighted by molar-refractivity contribution is 8.00. The van der Waals surface area contributed by atoms with Crippen LogP contribution in [0.4, 0.5) is 10.8 Å². The van der Waals surface area contributed by atoms with Crippen LogP contribution in [0.5, 0.6) is 17.2 Å². The summed E-state index contributed by atoms with van der Waals surface area (Å²) in [6.07, 6.45) is 0. The molecule has 5 rings (SSSR count). The molecule has 1 unspecified atom stereocenters. The van der Waals surface area contributed by atoms with Gasteiger partial charge in [-0.15, -0.1) is 23.1 Å². The third kappa shape index (κ3) is 7.17. The molecule has 4 aromatic carbocycles. The van der Waals surface area contributed by atoms with Gasteiger partial charge < -0.3 is 24.8 Å². The van der Waals surface area contributed by atoms with Crippen LogP contribution in [0.1, 0.15) is 21.2 Å². The Morgan fingerprint density at radius 2 is 1.51 bits per heavy atom. The van der Waals surface area contributed by atoms with Crippen molar-refractivity contribution in [2.45, 2.75) is 10.1 Å². The standard InChI is InChI=1S/C33H29N3O5S2/c1-39-27-15-8-7-14-25(27)26-20-42-33(35-26)36-32(38)30(21-10-5-4-6-11-21)43-24-13-9-12-23(19-24)34-31(37)22-16-17-28(40-2)29(18-22)41-3/h4-20,30H,1-3H3,(H,34,37)(H,35,36,38). The molecule has 0 fully saturated rings. The Morgan fingerprint density at radius 1 is 0.767 bits per heavy atom. The highest BCUT2D eigenvalue weighted by Crippen LogP contribution is 2.38. The van der Waals surface area contributed by atoms with Crippen LogP contribution in [0.3, 0.4) is 0 Å². The summed E-state index contributed by atoms with van der Waals surface area (Å²) in [6.45, 7) is 0. The van der Waals surface area contributed by atoms with Gasteiger partial charge in [-0.25, -0.2) is 4.98 Å². The third-order valence-corrected chi connectivity index (χ3v) is 8.46. The molecule has 0 aliphatic rings. The van der Waals surface area contributed by atoms with Crippen molar-refractivity contribution in [3.63, 3.8) is 0 Å². The second kappa shape index (κ2) is 13.9. The molecule has 2 N–H and O–H groups in total.